The van der Waals surface area contributed by atoms with Crippen LogP contribution in [0, 0.1) is 5.92 Å². The Balaban J connectivity index is 1.32. The van der Waals surface area contributed by atoms with E-state index in [1.807, 2.05) is 0 Å². The van der Waals surface area contributed by atoms with Crippen LogP contribution in [0.3, 0.4) is 0 Å². The summed E-state index contributed by atoms with van der Waals surface area (Å²) in [7, 11) is 0. The number of rotatable bonds is 5. The highest BCUT2D eigenvalue weighted by Gasteiger charge is 2.42. The van der Waals surface area contributed by atoms with Gasteiger partial charge < -0.3 is 14.2 Å². The Kier molecular flexibility index (Phi) is 5.43. The zero-order valence-electron chi connectivity index (χ0n) is 18.1. The lowest BCUT2D eigenvalue weighted by Gasteiger charge is -2.34. The molecular weight excluding hydrogens is 380 g/mol. The second-order valence-electron chi connectivity index (χ2n) is 8.92. The van der Waals surface area contributed by atoms with E-state index in [0.29, 0.717) is 18.1 Å². The fourth-order valence-electron chi connectivity index (χ4n) is 5.20. The zero-order chi connectivity index (χ0) is 20.7. The highest BCUT2D eigenvalue weighted by Crippen LogP contribution is 2.39. The number of ether oxygens (including phenoxy) is 1. The summed E-state index contributed by atoms with van der Waals surface area (Å²) in [5, 5.41) is 8.70. The van der Waals surface area contributed by atoms with Crippen LogP contribution in [0.4, 0.5) is 5.82 Å². The van der Waals surface area contributed by atoms with Crippen LogP contribution in [0.15, 0.2) is 12.4 Å². The monoisotopic (exact) mass is 412 g/mol. The van der Waals surface area contributed by atoms with Crippen LogP contribution >= 0.6 is 0 Å². The van der Waals surface area contributed by atoms with E-state index in [2.05, 4.69) is 67.3 Å². The number of hydrogen-bond donors (Lipinski definition) is 2. The number of aryl methyl sites for hydroxylation is 1. The average molecular weight is 413 g/mol. The van der Waals surface area contributed by atoms with Crippen molar-refractivity contribution in [2.45, 2.75) is 83.8 Å². The fraction of sp³-hybridized carbons (Fsp3) is 0.714. The molecule has 4 atom stereocenters. The maximum atomic E-state index is 6.14. The largest absolute Gasteiger partial charge is 0.376 e. The van der Waals surface area contributed by atoms with E-state index in [0.717, 1.165) is 68.5 Å². The van der Waals surface area contributed by atoms with Crippen molar-refractivity contribution < 1.29 is 4.74 Å². The van der Waals surface area contributed by atoms with Gasteiger partial charge in [0.2, 0.25) is 0 Å². The van der Waals surface area contributed by atoms with Crippen molar-refractivity contribution in [3.05, 3.63) is 29.7 Å². The summed E-state index contributed by atoms with van der Waals surface area (Å²) < 4.78 is 8.37. The van der Waals surface area contributed by atoms with Crippen LogP contribution in [0.1, 0.15) is 63.4 Å². The molecule has 2 N–H and O–H groups in total. The quantitative estimate of drug-likeness (QED) is 0.767. The molecule has 9 heteroatoms. The standard InChI is InChI=1S/C21H32N8O/c1-4-18-25-26-20-11-28(7-8-29(18)20)19-10-17(22-12-23-19)21-15-9-14(30-13(2)3)5-6-16(15)24-27-21/h10,12-16,21,24,27H,4-9,11H2,1-3H3. The minimum atomic E-state index is 0.176. The van der Waals surface area contributed by atoms with Crippen molar-refractivity contribution in [2.24, 2.45) is 5.92 Å². The number of fused-ring (bicyclic) bond motifs is 2. The summed E-state index contributed by atoms with van der Waals surface area (Å²) in [6.07, 6.45) is 6.51. The smallest absolute Gasteiger partial charge is 0.152 e. The highest BCUT2D eigenvalue weighted by atomic mass is 16.5. The first-order valence-electron chi connectivity index (χ1n) is 11.3. The van der Waals surface area contributed by atoms with Crippen molar-refractivity contribution in [1.29, 1.82) is 0 Å². The molecule has 2 aromatic rings. The molecule has 4 unspecified atom stereocenters. The summed E-state index contributed by atoms with van der Waals surface area (Å²) in [4.78, 5) is 11.5. The molecule has 1 aliphatic carbocycles. The molecule has 4 heterocycles. The number of hydrogen-bond acceptors (Lipinski definition) is 8. The highest BCUT2D eigenvalue weighted by molar-refractivity contribution is 5.41. The first-order chi connectivity index (χ1) is 14.6. The van der Waals surface area contributed by atoms with Gasteiger partial charge in [-0.25, -0.2) is 15.4 Å². The van der Waals surface area contributed by atoms with Gasteiger partial charge in [-0.3, -0.25) is 5.43 Å². The molecule has 0 amide bonds. The van der Waals surface area contributed by atoms with E-state index in [-0.39, 0.29) is 12.1 Å². The number of nitrogens with zero attached hydrogens (tertiary/aromatic N) is 6. The van der Waals surface area contributed by atoms with Gasteiger partial charge >= 0.3 is 0 Å². The van der Waals surface area contributed by atoms with Crippen molar-refractivity contribution in [2.75, 3.05) is 11.4 Å². The summed E-state index contributed by atoms with van der Waals surface area (Å²) in [5.74, 6) is 3.51. The van der Waals surface area contributed by atoms with E-state index in [4.69, 9.17) is 4.74 Å². The predicted molar refractivity (Wildman–Crippen MR) is 113 cm³/mol. The zero-order valence-corrected chi connectivity index (χ0v) is 18.1. The molecule has 2 fully saturated rings. The topological polar surface area (TPSA) is 93.0 Å². The lowest BCUT2D eigenvalue weighted by atomic mass is 9.79. The number of nitrogens with one attached hydrogen (secondary N) is 2. The Morgan fingerprint density at radius 1 is 1.17 bits per heavy atom. The predicted octanol–water partition coefficient (Wildman–Crippen LogP) is 1.76. The van der Waals surface area contributed by atoms with E-state index < -0.39 is 0 Å². The van der Waals surface area contributed by atoms with Crippen LogP contribution < -0.4 is 15.8 Å². The third-order valence-electron chi connectivity index (χ3n) is 6.63. The Labute approximate surface area is 177 Å². The Morgan fingerprint density at radius 2 is 2.07 bits per heavy atom. The van der Waals surface area contributed by atoms with Crippen LogP contribution in [-0.2, 0) is 24.2 Å². The molecule has 1 saturated carbocycles. The van der Waals surface area contributed by atoms with E-state index in [9.17, 15) is 0 Å². The number of hydrazine groups is 1. The minimum absolute atomic E-state index is 0.176. The first-order valence-corrected chi connectivity index (χ1v) is 11.3. The molecule has 30 heavy (non-hydrogen) atoms. The molecule has 9 nitrogen and oxygen atoms in total. The summed E-state index contributed by atoms with van der Waals surface area (Å²) in [5.41, 5.74) is 8.05. The number of anilines is 1. The SMILES string of the molecule is CCc1nnc2n1CCN(c1cc(C3NNC4CCC(OC(C)C)CC43)ncn1)C2. The van der Waals surface area contributed by atoms with Gasteiger partial charge in [0.25, 0.3) is 0 Å². The number of aromatic nitrogens is 5. The third kappa shape index (κ3) is 3.70. The molecule has 2 aromatic heterocycles. The van der Waals surface area contributed by atoms with Crippen molar-refractivity contribution in [3.63, 3.8) is 0 Å². The molecule has 3 aliphatic rings. The van der Waals surface area contributed by atoms with E-state index in [1.54, 1.807) is 6.33 Å². The third-order valence-corrected chi connectivity index (χ3v) is 6.63. The van der Waals surface area contributed by atoms with Gasteiger partial charge in [0.1, 0.15) is 18.0 Å². The first kappa shape index (κ1) is 19.8. The van der Waals surface area contributed by atoms with Gasteiger partial charge in [0.05, 0.1) is 30.5 Å². The summed E-state index contributed by atoms with van der Waals surface area (Å²) in [6.45, 7) is 8.89. The molecule has 0 bridgehead atoms. The second-order valence-corrected chi connectivity index (χ2v) is 8.92. The average Bonchev–Trinajstić information content (AvgIpc) is 3.36. The van der Waals surface area contributed by atoms with Gasteiger partial charge in [-0.05, 0) is 33.1 Å². The fourth-order valence-corrected chi connectivity index (χ4v) is 5.20. The van der Waals surface area contributed by atoms with Crippen LogP contribution in [0.5, 0.6) is 0 Å². The maximum Gasteiger partial charge on any atom is 0.152 e. The second kappa shape index (κ2) is 8.20. The molecular formula is C21H32N8O. The van der Waals surface area contributed by atoms with Gasteiger partial charge in [0, 0.05) is 37.5 Å². The Morgan fingerprint density at radius 3 is 2.90 bits per heavy atom. The Hall–Kier alpha value is -2.10. The van der Waals surface area contributed by atoms with Gasteiger partial charge in [0.15, 0.2) is 5.82 Å². The van der Waals surface area contributed by atoms with Crippen LogP contribution in [0.25, 0.3) is 0 Å². The molecule has 5 rings (SSSR count). The van der Waals surface area contributed by atoms with Crippen molar-refractivity contribution >= 4 is 5.82 Å². The van der Waals surface area contributed by atoms with Crippen LogP contribution in [-0.4, -0.2) is 49.5 Å². The van der Waals surface area contributed by atoms with E-state index in [1.165, 1.54) is 0 Å². The summed E-state index contributed by atoms with van der Waals surface area (Å²) in [6, 6.07) is 2.79. The lowest BCUT2D eigenvalue weighted by molar-refractivity contribution is -0.0276. The Bertz CT molecular complexity index is 884. The molecule has 0 aromatic carbocycles. The molecule has 0 radical (unpaired) electrons. The molecule has 2 aliphatic heterocycles. The van der Waals surface area contributed by atoms with Crippen LogP contribution in [0.2, 0.25) is 0 Å². The van der Waals surface area contributed by atoms with Gasteiger partial charge in [-0.2, -0.15) is 0 Å². The normalized spacial score (nSPS) is 28.6. The lowest BCUT2D eigenvalue weighted by Crippen LogP contribution is -2.38. The van der Waals surface area contributed by atoms with Gasteiger partial charge in [-0.15, -0.1) is 10.2 Å². The molecule has 162 valence electrons. The molecule has 1 saturated heterocycles. The summed E-state index contributed by atoms with van der Waals surface area (Å²) >= 11 is 0. The van der Waals surface area contributed by atoms with E-state index >= 15 is 0 Å². The van der Waals surface area contributed by atoms with Gasteiger partial charge in [-0.1, -0.05) is 6.92 Å². The minimum Gasteiger partial charge on any atom is -0.376 e. The maximum absolute atomic E-state index is 6.14. The van der Waals surface area contributed by atoms with Crippen molar-refractivity contribution in [1.82, 2.24) is 35.6 Å². The van der Waals surface area contributed by atoms with Crippen molar-refractivity contribution in [3.8, 4) is 0 Å². The molecule has 0 spiro atoms.